The van der Waals surface area contributed by atoms with Gasteiger partial charge < -0.3 is 20.3 Å². The normalized spacial score (nSPS) is 29.8. The van der Waals surface area contributed by atoms with Crippen LogP contribution in [-0.2, 0) is 10.3 Å². The van der Waals surface area contributed by atoms with Gasteiger partial charge in [0.15, 0.2) is 0 Å². The summed E-state index contributed by atoms with van der Waals surface area (Å²) in [5.41, 5.74) is 8.38. The van der Waals surface area contributed by atoms with Gasteiger partial charge in [-0.3, -0.25) is 0 Å². The van der Waals surface area contributed by atoms with Crippen LogP contribution in [0.3, 0.4) is 0 Å². The van der Waals surface area contributed by atoms with Crippen LogP contribution in [0, 0.1) is 17.2 Å². The van der Waals surface area contributed by atoms with Crippen LogP contribution >= 0.6 is 11.6 Å². The van der Waals surface area contributed by atoms with Crippen molar-refractivity contribution < 1.29 is 14.6 Å². The highest BCUT2D eigenvalue weighted by atomic mass is 35.5. The summed E-state index contributed by atoms with van der Waals surface area (Å²) < 4.78 is 11.9. The molecule has 2 aromatic carbocycles. The largest absolute Gasteiger partial charge is 0.490 e. The molecule has 2 heterocycles. The molecule has 0 amide bonds. The van der Waals surface area contributed by atoms with Gasteiger partial charge in [0.1, 0.15) is 24.0 Å². The Morgan fingerprint density at radius 2 is 2.07 bits per heavy atom. The second-order valence-electron chi connectivity index (χ2n) is 7.94. The summed E-state index contributed by atoms with van der Waals surface area (Å²) in [5, 5.41) is 20.1. The van der Waals surface area contributed by atoms with Crippen molar-refractivity contribution in [1.29, 1.82) is 5.26 Å². The molecule has 1 fully saturated rings. The molecule has 2 aliphatic heterocycles. The lowest BCUT2D eigenvalue weighted by Gasteiger charge is -2.47. The first-order valence-electron chi connectivity index (χ1n) is 9.67. The highest BCUT2D eigenvalue weighted by molar-refractivity contribution is 6.31. The van der Waals surface area contributed by atoms with Gasteiger partial charge in [0, 0.05) is 16.5 Å². The first-order valence-corrected chi connectivity index (χ1v) is 10.0. The van der Waals surface area contributed by atoms with Crippen molar-refractivity contribution in [2.75, 3.05) is 6.61 Å². The van der Waals surface area contributed by atoms with Gasteiger partial charge >= 0.3 is 0 Å². The Morgan fingerprint density at radius 3 is 2.83 bits per heavy atom. The van der Waals surface area contributed by atoms with E-state index < -0.39 is 5.54 Å². The third-order valence-electron chi connectivity index (χ3n) is 6.21. The zero-order valence-corrected chi connectivity index (χ0v) is 16.4. The third kappa shape index (κ3) is 2.93. The van der Waals surface area contributed by atoms with E-state index in [-0.39, 0.29) is 24.1 Å². The monoisotopic (exact) mass is 409 g/mol. The van der Waals surface area contributed by atoms with Gasteiger partial charge in [-0.2, -0.15) is 5.26 Å². The molecule has 1 saturated carbocycles. The van der Waals surface area contributed by atoms with E-state index in [0.717, 1.165) is 28.9 Å². The van der Waals surface area contributed by atoms with Gasteiger partial charge in [0.2, 0.25) is 0 Å². The number of halogens is 1. The average Bonchev–Trinajstić information content (AvgIpc) is 3.10. The summed E-state index contributed by atoms with van der Waals surface area (Å²) in [6.07, 6.45) is 1.65. The lowest BCUT2D eigenvalue weighted by Crippen LogP contribution is -2.51. The molecule has 1 aliphatic carbocycles. The molecule has 0 saturated heterocycles. The van der Waals surface area contributed by atoms with E-state index in [1.165, 1.54) is 0 Å². The summed E-state index contributed by atoms with van der Waals surface area (Å²) in [6.45, 7) is 0.325. The summed E-state index contributed by atoms with van der Waals surface area (Å²) in [7, 11) is 0. The van der Waals surface area contributed by atoms with Gasteiger partial charge in [0.05, 0.1) is 17.7 Å². The van der Waals surface area contributed by atoms with Crippen molar-refractivity contribution in [3.8, 4) is 22.9 Å². The van der Waals surface area contributed by atoms with Crippen LogP contribution in [0.15, 0.2) is 41.4 Å². The van der Waals surface area contributed by atoms with E-state index >= 15 is 0 Å². The van der Waals surface area contributed by atoms with Crippen molar-refractivity contribution in [3.05, 3.63) is 52.5 Å². The van der Waals surface area contributed by atoms with Crippen molar-refractivity contribution in [2.24, 2.45) is 16.6 Å². The fourth-order valence-electron chi connectivity index (χ4n) is 4.87. The van der Waals surface area contributed by atoms with E-state index in [1.54, 1.807) is 12.1 Å². The van der Waals surface area contributed by atoms with Crippen LogP contribution in [0.4, 0.5) is 0 Å². The second kappa shape index (κ2) is 6.65. The van der Waals surface area contributed by atoms with Gasteiger partial charge in [-0.1, -0.05) is 17.7 Å². The molecule has 0 radical (unpaired) electrons. The summed E-state index contributed by atoms with van der Waals surface area (Å²) in [4.78, 5) is 4.73. The van der Waals surface area contributed by atoms with Gasteiger partial charge in [0.25, 0.3) is 6.02 Å². The first kappa shape index (κ1) is 18.3. The number of ether oxygens (including phenoxy) is 2. The maximum Gasteiger partial charge on any atom is 0.283 e. The van der Waals surface area contributed by atoms with Crippen molar-refractivity contribution in [2.45, 2.75) is 37.0 Å². The number of hydrogen-bond donors (Lipinski definition) is 2. The minimum atomic E-state index is -0.684. The molecule has 2 aromatic rings. The topological polar surface area (TPSA) is 101 Å². The number of nitriles is 1. The number of aliphatic hydroxyl groups is 1. The second-order valence-corrected chi connectivity index (χ2v) is 8.38. The van der Waals surface area contributed by atoms with E-state index in [9.17, 15) is 10.4 Å². The van der Waals surface area contributed by atoms with Gasteiger partial charge in [-0.15, -0.1) is 0 Å². The molecule has 148 valence electrons. The zero-order chi connectivity index (χ0) is 20.2. The van der Waals surface area contributed by atoms with E-state index in [4.69, 9.17) is 31.8 Å². The van der Waals surface area contributed by atoms with E-state index in [1.807, 2.05) is 24.3 Å². The molecule has 7 heteroatoms. The number of nitrogens with two attached hydrogens (primary N) is 1. The van der Waals surface area contributed by atoms with Crippen LogP contribution < -0.4 is 10.5 Å². The van der Waals surface area contributed by atoms with Crippen molar-refractivity contribution in [3.63, 3.8) is 0 Å². The minimum Gasteiger partial charge on any atom is -0.490 e. The summed E-state index contributed by atoms with van der Waals surface area (Å²) >= 11 is 6.21. The minimum absolute atomic E-state index is 0.0240. The average molecular weight is 410 g/mol. The summed E-state index contributed by atoms with van der Waals surface area (Å²) in [6, 6.07) is 13.5. The maximum atomic E-state index is 10.3. The van der Waals surface area contributed by atoms with Crippen molar-refractivity contribution >= 4 is 17.6 Å². The molecular formula is C22H20ClN3O3. The lowest BCUT2D eigenvalue weighted by atomic mass is 9.67. The third-order valence-corrected chi connectivity index (χ3v) is 6.43. The van der Waals surface area contributed by atoms with Crippen LogP contribution in [-0.4, -0.2) is 29.9 Å². The molecule has 5 rings (SSSR count). The fraction of sp³-hybridized carbons (Fsp3) is 0.364. The standard InChI is InChI=1S/C22H20ClN3O3/c23-15-6-12(10-24)5-14(7-15)13-1-3-19-17(8-13)22(11-28-21(25)26-22)18-9-16(27)2-4-20(18)29-19/h1,3,5-8,16,18,20,27H,2,4,9,11H2,(H2,25,26)/t16-,18-,20-,22-/m0/s1. The molecule has 4 atom stereocenters. The number of aliphatic hydroxyl groups excluding tert-OH is 1. The molecule has 0 aromatic heterocycles. The van der Waals surface area contributed by atoms with Crippen LogP contribution in [0.1, 0.15) is 30.4 Å². The highest BCUT2D eigenvalue weighted by Gasteiger charge is 2.55. The Hall–Kier alpha value is -2.75. The smallest absolute Gasteiger partial charge is 0.283 e. The van der Waals surface area contributed by atoms with E-state index in [2.05, 4.69) is 6.07 Å². The number of aliphatic imine (C=N–C) groups is 1. The predicted octanol–water partition coefficient (Wildman–Crippen LogP) is 3.34. The Bertz CT molecular complexity index is 1060. The number of rotatable bonds is 1. The molecule has 3 aliphatic rings. The highest BCUT2D eigenvalue weighted by Crippen LogP contribution is 2.53. The Labute approximate surface area is 173 Å². The lowest BCUT2D eigenvalue weighted by molar-refractivity contribution is -0.0359. The van der Waals surface area contributed by atoms with E-state index in [0.29, 0.717) is 30.0 Å². The number of hydrogen-bond acceptors (Lipinski definition) is 6. The molecule has 29 heavy (non-hydrogen) atoms. The molecular weight excluding hydrogens is 390 g/mol. The molecule has 6 nitrogen and oxygen atoms in total. The number of nitrogens with zero attached hydrogens (tertiary/aromatic N) is 2. The number of amidine groups is 1. The SMILES string of the molecule is N#Cc1cc(Cl)cc(-c2ccc3c(c2)[C@@]2(COC(N)=N2)[C@H]2C[C@@H](O)CC[C@@H]2O3)c1. The zero-order valence-electron chi connectivity index (χ0n) is 15.6. The Morgan fingerprint density at radius 1 is 1.21 bits per heavy atom. The molecule has 3 N–H and O–H groups in total. The van der Waals surface area contributed by atoms with Crippen molar-refractivity contribution in [1.82, 2.24) is 0 Å². The predicted molar refractivity (Wildman–Crippen MR) is 109 cm³/mol. The number of benzene rings is 2. The fourth-order valence-corrected chi connectivity index (χ4v) is 5.11. The van der Waals surface area contributed by atoms with Crippen LogP contribution in [0.2, 0.25) is 5.02 Å². The molecule has 0 unspecified atom stereocenters. The van der Waals surface area contributed by atoms with Gasteiger partial charge in [-0.05, 0) is 60.7 Å². The Kier molecular flexibility index (Phi) is 4.19. The van der Waals surface area contributed by atoms with Gasteiger partial charge in [-0.25, -0.2) is 4.99 Å². The maximum absolute atomic E-state index is 10.3. The molecule has 1 spiro atoms. The Balaban J connectivity index is 1.66. The first-order chi connectivity index (χ1) is 14.0. The summed E-state index contributed by atoms with van der Waals surface area (Å²) in [5.74, 6) is 0.736. The van der Waals surface area contributed by atoms with Crippen LogP contribution in [0.5, 0.6) is 5.75 Å². The van der Waals surface area contributed by atoms with Crippen LogP contribution in [0.25, 0.3) is 11.1 Å². The quantitative estimate of drug-likeness (QED) is 0.752. The molecule has 0 bridgehead atoms. The number of fused-ring (bicyclic) bond motifs is 4.